The minimum Gasteiger partial charge on any atom is -0.279 e. The molecule has 0 aliphatic rings. The molecule has 7 nitrogen and oxygen atoms in total. The van der Waals surface area contributed by atoms with Crippen molar-refractivity contribution in [1.82, 2.24) is 23.1 Å². The molecule has 0 saturated carbocycles. The Labute approximate surface area is 176 Å². The van der Waals surface area contributed by atoms with E-state index < -0.39 is 11.2 Å². The van der Waals surface area contributed by atoms with Crippen molar-refractivity contribution in [3.05, 3.63) is 86.9 Å². The van der Waals surface area contributed by atoms with Crippen molar-refractivity contribution in [1.29, 1.82) is 0 Å². The van der Waals surface area contributed by atoms with Crippen LogP contribution in [0, 0.1) is 5.82 Å². The van der Waals surface area contributed by atoms with Gasteiger partial charge in [0.1, 0.15) is 5.82 Å². The van der Waals surface area contributed by atoms with Crippen molar-refractivity contribution in [3.8, 4) is 16.9 Å². The van der Waals surface area contributed by atoms with Crippen molar-refractivity contribution in [2.75, 3.05) is 0 Å². The summed E-state index contributed by atoms with van der Waals surface area (Å²) in [5, 5.41) is 0. The van der Waals surface area contributed by atoms with Crippen molar-refractivity contribution < 1.29 is 4.39 Å². The molecule has 5 rings (SSSR count). The third-order valence-electron chi connectivity index (χ3n) is 5.66. The zero-order valence-corrected chi connectivity index (χ0v) is 17.3. The molecule has 0 radical (unpaired) electrons. The summed E-state index contributed by atoms with van der Waals surface area (Å²) in [4.78, 5) is 30.3. The lowest BCUT2D eigenvalue weighted by molar-refractivity contribution is 0.627. The molecular weight excluding hydrogens is 397 g/mol. The van der Waals surface area contributed by atoms with Crippen molar-refractivity contribution in [2.24, 2.45) is 14.1 Å². The second-order valence-corrected chi connectivity index (χ2v) is 7.46. The van der Waals surface area contributed by atoms with Gasteiger partial charge < -0.3 is 0 Å². The molecule has 0 spiro atoms. The number of benzene rings is 2. The highest BCUT2D eigenvalue weighted by Gasteiger charge is 2.26. The van der Waals surface area contributed by atoms with E-state index in [9.17, 15) is 14.0 Å². The highest BCUT2D eigenvalue weighted by molar-refractivity contribution is 5.81. The second kappa shape index (κ2) is 6.80. The summed E-state index contributed by atoms with van der Waals surface area (Å²) in [6.45, 7) is 2.00. The van der Waals surface area contributed by atoms with Crippen molar-refractivity contribution in [3.63, 3.8) is 0 Å². The SMILES string of the molecule is CCc1c(-c2ccccc2)n(-c2cccc(F)c2)c2nc3c(c(=O)n(C)c(=O)n3C)n12. The summed E-state index contributed by atoms with van der Waals surface area (Å²) >= 11 is 0. The monoisotopic (exact) mass is 417 g/mol. The highest BCUT2D eigenvalue weighted by atomic mass is 19.1. The summed E-state index contributed by atoms with van der Waals surface area (Å²) in [5.41, 5.74) is 2.93. The van der Waals surface area contributed by atoms with Crippen LogP contribution in [0.5, 0.6) is 0 Å². The molecule has 0 fully saturated rings. The van der Waals surface area contributed by atoms with Crippen LogP contribution in [-0.4, -0.2) is 23.1 Å². The van der Waals surface area contributed by atoms with E-state index >= 15 is 0 Å². The Morgan fingerprint density at radius 1 is 0.968 bits per heavy atom. The van der Waals surface area contributed by atoms with Crippen LogP contribution >= 0.6 is 0 Å². The average molecular weight is 417 g/mol. The van der Waals surface area contributed by atoms with E-state index in [4.69, 9.17) is 4.98 Å². The molecule has 8 heteroatoms. The first kappa shape index (κ1) is 19.0. The minimum absolute atomic E-state index is 0.294. The highest BCUT2D eigenvalue weighted by Crippen LogP contribution is 2.33. The smallest absolute Gasteiger partial charge is 0.279 e. The van der Waals surface area contributed by atoms with Gasteiger partial charge in [-0.3, -0.25) is 22.9 Å². The van der Waals surface area contributed by atoms with Crippen molar-refractivity contribution >= 4 is 16.9 Å². The van der Waals surface area contributed by atoms with E-state index in [2.05, 4.69) is 0 Å². The number of hydrogen-bond acceptors (Lipinski definition) is 3. The molecule has 156 valence electrons. The van der Waals surface area contributed by atoms with Crippen LogP contribution in [0.4, 0.5) is 4.39 Å². The van der Waals surface area contributed by atoms with Crippen LogP contribution < -0.4 is 11.2 Å². The third-order valence-corrected chi connectivity index (χ3v) is 5.66. The Balaban J connectivity index is 2.07. The summed E-state index contributed by atoms with van der Waals surface area (Å²) < 4.78 is 20.3. The zero-order valence-electron chi connectivity index (χ0n) is 17.3. The Kier molecular flexibility index (Phi) is 4.18. The number of aryl methyl sites for hydroxylation is 2. The van der Waals surface area contributed by atoms with Gasteiger partial charge in [0.15, 0.2) is 11.2 Å². The maximum atomic E-state index is 14.2. The zero-order chi connectivity index (χ0) is 21.9. The lowest BCUT2D eigenvalue weighted by atomic mass is 10.1. The van der Waals surface area contributed by atoms with Crippen LogP contribution in [0.15, 0.2) is 64.2 Å². The Bertz CT molecular complexity index is 1590. The average Bonchev–Trinajstić information content (AvgIpc) is 3.31. The largest absolute Gasteiger partial charge is 0.332 e. The van der Waals surface area contributed by atoms with Crippen LogP contribution in [0.1, 0.15) is 12.6 Å². The van der Waals surface area contributed by atoms with Gasteiger partial charge in [0.25, 0.3) is 5.56 Å². The van der Waals surface area contributed by atoms with Gasteiger partial charge in [-0.25, -0.2) is 9.18 Å². The van der Waals surface area contributed by atoms with Crippen LogP contribution in [0.2, 0.25) is 0 Å². The van der Waals surface area contributed by atoms with Gasteiger partial charge in [-0.1, -0.05) is 43.3 Å². The molecule has 31 heavy (non-hydrogen) atoms. The first-order chi connectivity index (χ1) is 14.9. The number of nitrogens with zero attached hydrogens (tertiary/aromatic N) is 5. The van der Waals surface area contributed by atoms with Crippen molar-refractivity contribution in [2.45, 2.75) is 13.3 Å². The van der Waals surface area contributed by atoms with Crippen LogP contribution in [0.3, 0.4) is 0 Å². The van der Waals surface area contributed by atoms with Crippen LogP contribution in [-0.2, 0) is 20.5 Å². The van der Waals surface area contributed by atoms with E-state index in [0.717, 1.165) is 21.5 Å². The second-order valence-electron chi connectivity index (χ2n) is 7.46. The summed E-state index contributed by atoms with van der Waals surface area (Å²) in [7, 11) is 3.05. The predicted octanol–water partition coefficient (Wildman–Crippen LogP) is 3.04. The normalized spacial score (nSPS) is 11.6. The lowest BCUT2D eigenvalue weighted by Crippen LogP contribution is -2.37. The number of rotatable bonds is 3. The third kappa shape index (κ3) is 2.61. The van der Waals surface area contributed by atoms with E-state index in [1.807, 2.05) is 41.8 Å². The molecule has 0 aliphatic carbocycles. The standard InChI is InChI=1S/C23H20FN5O2/c1-4-17-18(14-9-6-5-7-10-14)28(16-12-8-11-15(24)13-16)22-25-20-19(29(17)22)21(30)27(3)23(31)26(20)2/h5-13H,4H2,1-3H3. The van der Waals surface area contributed by atoms with Gasteiger partial charge in [-0.2, -0.15) is 4.98 Å². The first-order valence-corrected chi connectivity index (χ1v) is 9.97. The molecule has 0 unspecified atom stereocenters. The molecule has 5 aromatic rings. The van der Waals surface area contributed by atoms with Gasteiger partial charge >= 0.3 is 5.69 Å². The van der Waals surface area contributed by atoms with Gasteiger partial charge in [0.05, 0.1) is 17.1 Å². The molecule has 0 atom stereocenters. The fraction of sp³-hybridized carbons (Fsp3) is 0.174. The van der Waals surface area contributed by atoms with E-state index in [0.29, 0.717) is 29.0 Å². The quantitative estimate of drug-likeness (QED) is 0.453. The first-order valence-electron chi connectivity index (χ1n) is 9.97. The van der Waals surface area contributed by atoms with E-state index in [1.165, 1.54) is 23.7 Å². The molecular formula is C23H20FN5O2. The molecule has 0 saturated heterocycles. The number of imidazole rings is 2. The Hall–Kier alpha value is -3.94. The Morgan fingerprint density at radius 2 is 1.71 bits per heavy atom. The Morgan fingerprint density at radius 3 is 2.39 bits per heavy atom. The fourth-order valence-corrected chi connectivity index (χ4v) is 4.20. The molecule has 3 heterocycles. The topological polar surface area (TPSA) is 66.2 Å². The minimum atomic E-state index is -0.447. The molecule has 2 aromatic carbocycles. The number of aromatic nitrogens is 5. The maximum Gasteiger partial charge on any atom is 0.332 e. The van der Waals surface area contributed by atoms with Crippen LogP contribution in [0.25, 0.3) is 33.9 Å². The van der Waals surface area contributed by atoms with E-state index in [1.54, 1.807) is 23.6 Å². The lowest BCUT2D eigenvalue weighted by Gasteiger charge is -2.11. The number of hydrogen-bond donors (Lipinski definition) is 0. The molecule has 0 aliphatic heterocycles. The predicted molar refractivity (Wildman–Crippen MR) is 117 cm³/mol. The van der Waals surface area contributed by atoms with E-state index in [-0.39, 0.29) is 5.82 Å². The molecule has 0 amide bonds. The summed E-state index contributed by atoms with van der Waals surface area (Å²) in [6.07, 6.45) is 0.598. The fourth-order valence-electron chi connectivity index (χ4n) is 4.20. The van der Waals surface area contributed by atoms with Gasteiger partial charge in [0, 0.05) is 19.7 Å². The van der Waals surface area contributed by atoms with Gasteiger partial charge in [-0.05, 0) is 24.6 Å². The molecule has 0 N–H and O–H groups in total. The summed E-state index contributed by atoms with van der Waals surface area (Å²) in [6, 6.07) is 16.0. The van der Waals surface area contributed by atoms with Gasteiger partial charge in [-0.15, -0.1) is 0 Å². The number of fused-ring (bicyclic) bond motifs is 3. The molecule has 0 bridgehead atoms. The maximum absolute atomic E-state index is 14.2. The summed E-state index contributed by atoms with van der Waals surface area (Å²) in [5.74, 6) is 0.0791. The number of halogens is 1. The molecule has 3 aromatic heterocycles. The van der Waals surface area contributed by atoms with Gasteiger partial charge in [0.2, 0.25) is 5.78 Å².